The van der Waals surface area contributed by atoms with Crippen LogP contribution in [0.3, 0.4) is 0 Å². The van der Waals surface area contributed by atoms with E-state index in [2.05, 4.69) is 10.6 Å². The fraction of sp³-hybridized carbons (Fsp3) is 0.385. The van der Waals surface area contributed by atoms with Crippen LogP contribution in [-0.4, -0.2) is 23.1 Å². The van der Waals surface area contributed by atoms with Gasteiger partial charge in [-0.1, -0.05) is 13.8 Å². The third-order valence-corrected chi connectivity index (χ3v) is 2.43. The molecule has 0 heterocycles. The average molecular weight is 286 g/mol. The number of halogens is 2. The predicted molar refractivity (Wildman–Crippen MR) is 69.4 cm³/mol. The molecule has 1 aromatic rings. The number of carboxylic acid groups (broad SMARTS) is 1. The quantitative estimate of drug-likeness (QED) is 0.778. The van der Waals surface area contributed by atoms with E-state index < -0.39 is 29.7 Å². The van der Waals surface area contributed by atoms with Crippen molar-refractivity contribution in [1.82, 2.24) is 5.32 Å². The second-order valence-corrected chi connectivity index (χ2v) is 4.78. The molecule has 110 valence electrons. The first-order chi connectivity index (χ1) is 9.27. The lowest BCUT2D eigenvalue weighted by molar-refractivity contribution is -0.139. The number of aliphatic carboxylic acids is 1. The van der Waals surface area contributed by atoms with Gasteiger partial charge in [-0.2, -0.15) is 0 Å². The molecular weight excluding hydrogens is 270 g/mol. The van der Waals surface area contributed by atoms with Gasteiger partial charge in [-0.05, 0) is 24.5 Å². The Morgan fingerprint density at radius 3 is 2.20 bits per heavy atom. The van der Waals surface area contributed by atoms with Crippen molar-refractivity contribution >= 4 is 17.7 Å². The molecule has 0 aromatic heterocycles. The number of nitrogens with one attached hydrogen (secondary N) is 2. The molecule has 1 atom stereocenters. The minimum atomic E-state index is -1.17. The Morgan fingerprint density at radius 1 is 1.20 bits per heavy atom. The summed E-state index contributed by atoms with van der Waals surface area (Å²) in [5, 5.41) is 13.4. The summed E-state index contributed by atoms with van der Waals surface area (Å²) in [6, 6.07) is 0.639. The maximum Gasteiger partial charge on any atom is 0.326 e. The minimum absolute atomic E-state index is 0.0722. The van der Waals surface area contributed by atoms with Crippen molar-refractivity contribution in [2.24, 2.45) is 5.92 Å². The van der Waals surface area contributed by atoms with E-state index >= 15 is 0 Å². The molecule has 0 unspecified atom stereocenters. The minimum Gasteiger partial charge on any atom is -0.480 e. The third-order valence-electron chi connectivity index (χ3n) is 2.43. The SMILES string of the molecule is CC(C)C[C@@H](NC(=O)Nc1cc(F)cc(F)c1)C(=O)O. The maximum atomic E-state index is 12.9. The number of hydrogen-bond acceptors (Lipinski definition) is 2. The van der Waals surface area contributed by atoms with E-state index in [0.29, 0.717) is 6.07 Å². The van der Waals surface area contributed by atoms with Crippen LogP contribution in [0.5, 0.6) is 0 Å². The van der Waals surface area contributed by atoms with Gasteiger partial charge in [0.1, 0.15) is 17.7 Å². The number of benzene rings is 1. The standard InChI is InChI=1S/C13H16F2N2O3/c1-7(2)3-11(12(18)19)17-13(20)16-10-5-8(14)4-9(15)6-10/h4-7,11H,3H2,1-2H3,(H,18,19)(H2,16,17,20)/t11-/m1/s1. The van der Waals surface area contributed by atoms with Crippen molar-refractivity contribution in [2.45, 2.75) is 26.3 Å². The summed E-state index contributed by atoms with van der Waals surface area (Å²) in [4.78, 5) is 22.6. The van der Waals surface area contributed by atoms with E-state index in [9.17, 15) is 18.4 Å². The second-order valence-electron chi connectivity index (χ2n) is 4.78. The first-order valence-corrected chi connectivity index (χ1v) is 6.04. The van der Waals surface area contributed by atoms with E-state index in [1.807, 2.05) is 13.8 Å². The number of amides is 2. The van der Waals surface area contributed by atoms with Crippen LogP contribution in [0.2, 0.25) is 0 Å². The molecule has 0 bridgehead atoms. The Bertz CT molecular complexity index is 486. The molecular formula is C13H16F2N2O3. The highest BCUT2D eigenvalue weighted by atomic mass is 19.1. The number of carbonyl (C=O) groups is 2. The van der Waals surface area contributed by atoms with E-state index in [1.54, 1.807) is 0 Å². The van der Waals surface area contributed by atoms with Crippen LogP contribution < -0.4 is 10.6 Å². The van der Waals surface area contributed by atoms with Gasteiger partial charge in [0, 0.05) is 11.8 Å². The fourth-order valence-electron chi connectivity index (χ4n) is 1.64. The first kappa shape index (κ1) is 15.9. The highest BCUT2D eigenvalue weighted by Gasteiger charge is 2.21. The van der Waals surface area contributed by atoms with E-state index in [4.69, 9.17) is 5.11 Å². The Morgan fingerprint density at radius 2 is 1.75 bits per heavy atom. The molecule has 0 fully saturated rings. The predicted octanol–water partition coefficient (Wildman–Crippen LogP) is 2.59. The Balaban J connectivity index is 2.68. The molecule has 7 heteroatoms. The van der Waals surface area contributed by atoms with Crippen LogP contribution in [0.25, 0.3) is 0 Å². The molecule has 0 radical (unpaired) electrons. The van der Waals surface area contributed by atoms with E-state index in [0.717, 1.165) is 12.1 Å². The summed E-state index contributed by atoms with van der Waals surface area (Å²) in [6.07, 6.45) is 0.250. The highest BCUT2D eigenvalue weighted by Crippen LogP contribution is 2.13. The summed E-state index contributed by atoms with van der Waals surface area (Å²) in [7, 11) is 0. The molecule has 0 aliphatic carbocycles. The van der Waals surface area contributed by atoms with Crippen LogP contribution in [0.4, 0.5) is 19.3 Å². The van der Waals surface area contributed by atoms with Crippen molar-refractivity contribution in [1.29, 1.82) is 0 Å². The number of carbonyl (C=O) groups excluding carboxylic acids is 1. The van der Waals surface area contributed by atoms with Crippen LogP contribution >= 0.6 is 0 Å². The number of anilines is 1. The van der Waals surface area contributed by atoms with Crippen LogP contribution in [0, 0.1) is 17.6 Å². The Kier molecular flexibility index (Phi) is 5.42. The smallest absolute Gasteiger partial charge is 0.326 e. The van der Waals surface area contributed by atoms with Gasteiger partial charge in [-0.15, -0.1) is 0 Å². The van der Waals surface area contributed by atoms with E-state index in [1.165, 1.54) is 0 Å². The number of hydrogen-bond donors (Lipinski definition) is 3. The topological polar surface area (TPSA) is 78.4 Å². The molecule has 2 amide bonds. The largest absolute Gasteiger partial charge is 0.480 e. The van der Waals surface area contributed by atoms with Gasteiger partial charge in [0.15, 0.2) is 0 Å². The van der Waals surface area contributed by atoms with Crippen molar-refractivity contribution in [2.75, 3.05) is 5.32 Å². The van der Waals surface area contributed by atoms with Gasteiger partial charge in [0.25, 0.3) is 0 Å². The molecule has 1 aromatic carbocycles. The lowest BCUT2D eigenvalue weighted by Crippen LogP contribution is -2.43. The molecule has 20 heavy (non-hydrogen) atoms. The van der Waals surface area contributed by atoms with Gasteiger partial charge in [0.05, 0.1) is 0 Å². The molecule has 1 rings (SSSR count). The lowest BCUT2D eigenvalue weighted by Gasteiger charge is -2.17. The summed E-state index contributed by atoms with van der Waals surface area (Å²) in [6.45, 7) is 3.63. The summed E-state index contributed by atoms with van der Waals surface area (Å²) >= 11 is 0. The number of carboxylic acids is 1. The molecule has 0 aliphatic heterocycles. The zero-order chi connectivity index (χ0) is 15.3. The van der Waals surface area contributed by atoms with Gasteiger partial charge in [-0.25, -0.2) is 18.4 Å². The third kappa shape index (κ3) is 5.21. The highest BCUT2D eigenvalue weighted by molar-refractivity contribution is 5.92. The summed E-state index contributed by atoms with van der Waals surface area (Å²) in [5.41, 5.74) is -0.0892. The molecule has 0 aliphatic rings. The van der Waals surface area contributed by atoms with Crippen molar-refractivity contribution < 1.29 is 23.5 Å². The molecule has 0 saturated heterocycles. The van der Waals surface area contributed by atoms with Gasteiger partial charge in [0.2, 0.25) is 0 Å². The monoisotopic (exact) mass is 286 g/mol. The Hall–Kier alpha value is -2.18. The normalized spacial score (nSPS) is 12.1. The number of rotatable bonds is 5. The summed E-state index contributed by atoms with van der Waals surface area (Å²) < 4.78 is 25.9. The van der Waals surface area contributed by atoms with Crippen LogP contribution in [0.1, 0.15) is 20.3 Å². The van der Waals surface area contributed by atoms with E-state index in [-0.39, 0.29) is 18.0 Å². The zero-order valence-electron chi connectivity index (χ0n) is 11.1. The van der Waals surface area contributed by atoms with Crippen LogP contribution in [-0.2, 0) is 4.79 Å². The second kappa shape index (κ2) is 6.83. The fourth-order valence-corrected chi connectivity index (χ4v) is 1.64. The number of urea groups is 1. The molecule has 0 spiro atoms. The average Bonchev–Trinajstić information content (AvgIpc) is 2.25. The molecule has 3 N–H and O–H groups in total. The maximum absolute atomic E-state index is 12.9. The summed E-state index contributed by atoms with van der Waals surface area (Å²) in [5.74, 6) is -2.77. The first-order valence-electron chi connectivity index (χ1n) is 6.04. The zero-order valence-corrected chi connectivity index (χ0v) is 11.1. The molecule has 0 saturated carbocycles. The van der Waals surface area contributed by atoms with Gasteiger partial charge in [-0.3, -0.25) is 0 Å². The van der Waals surface area contributed by atoms with Gasteiger partial charge >= 0.3 is 12.0 Å². The van der Waals surface area contributed by atoms with Crippen molar-refractivity contribution in [3.8, 4) is 0 Å². The van der Waals surface area contributed by atoms with Crippen LogP contribution in [0.15, 0.2) is 18.2 Å². The molecule has 5 nitrogen and oxygen atoms in total. The Labute approximate surface area is 115 Å². The van der Waals surface area contributed by atoms with Crippen molar-refractivity contribution in [3.05, 3.63) is 29.8 Å². The lowest BCUT2D eigenvalue weighted by atomic mass is 10.0. The van der Waals surface area contributed by atoms with Gasteiger partial charge < -0.3 is 15.7 Å². The van der Waals surface area contributed by atoms with Crippen molar-refractivity contribution in [3.63, 3.8) is 0 Å².